The van der Waals surface area contributed by atoms with Gasteiger partial charge in [-0.1, -0.05) is 47.5 Å². The van der Waals surface area contributed by atoms with Crippen LogP contribution in [0, 0.1) is 11.6 Å². The monoisotopic (exact) mass is 804 g/mol. The number of rotatable bonds is 16. The highest BCUT2D eigenvalue weighted by Crippen LogP contribution is 2.31. The molecule has 1 aliphatic rings. The van der Waals surface area contributed by atoms with Crippen LogP contribution in [-0.4, -0.2) is 70.6 Å². The molecule has 3 heterocycles. The second-order valence-corrected chi connectivity index (χ2v) is 14.6. The molecule has 1 aliphatic heterocycles. The van der Waals surface area contributed by atoms with Gasteiger partial charge in [0.25, 0.3) is 0 Å². The molecule has 0 saturated carbocycles. The van der Waals surface area contributed by atoms with Crippen molar-refractivity contribution in [1.82, 2.24) is 30.4 Å². The Labute approximate surface area is 333 Å². The summed E-state index contributed by atoms with van der Waals surface area (Å²) in [5, 5.41) is 13.1. The Balaban J connectivity index is 1.20. The highest BCUT2D eigenvalue weighted by atomic mass is 35.5. The van der Waals surface area contributed by atoms with Crippen LogP contribution in [0.5, 0.6) is 0 Å². The van der Waals surface area contributed by atoms with Gasteiger partial charge in [0, 0.05) is 70.7 Å². The van der Waals surface area contributed by atoms with Gasteiger partial charge in [0.1, 0.15) is 12.1 Å². The minimum absolute atomic E-state index is 0.0903. The summed E-state index contributed by atoms with van der Waals surface area (Å²) in [5.74, 6) is -3.32. The van der Waals surface area contributed by atoms with Gasteiger partial charge in [0.05, 0.1) is 12.1 Å². The molecule has 56 heavy (non-hydrogen) atoms. The second-order valence-electron chi connectivity index (χ2n) is 13.8. The molecule has 11 nitrogen and oxygen atoms in total. The molecule has 0 aliphatic carbocycles. The highest BCUT2D eigenvalue weighted by Gasteiger charge is 2.27. The topological polar surface area (TPSA) is 146 Å². The number of pyridine rings is 1. The van der Waals surface area contributed by atoms with E-state index in [0.29, 0.717) is 28.7 Å². The minimum atomic E-state index is -1.29. The van der Waals surface area contributed by atoms with Crippen LogP contribution >= 0.6 is 23.2 Å². The van der Waals surface area contributed by atoms with Gasteiger partial charge in [-0.05, 0) is 98.6 Å². The van der Waals surface area contributed by atoms with Crippen molar-refractivity contribution in [3.05, 3.63) is 129 Å². The Kier molecular flexibility index (Phi) is 13.9. The van der Waals surface area contributed by atoms with Crippen molar-refractivity contribution in [3.8, 4) is 0 Å². The Morgan fingerprint density at radius 3 is 2.36 bits per heavy atom. The maximum Gasteiger partial charge on any atom is 0.319 e. The Hall–Kier alpha value is -5.08. The number of anilines is 1. The highest BCUT2D eigenvalue weighted by molar-refractivity contribution is 6.36. The van der Waals surface area contributed by atoms with E-state index >= 15 is 0 Å². The summed E-state index contributed by atoms with van der Waals surface area (Å²) in [6.07, 6.45) is 6.44. The molecule has 15 heteroatoms. The molecule has 0 unspecified atom stereocenters. The number of benzene rings is 3. The molecule has 1 fully saturated rings. The van der Waals surface area contributed by atoms with Crippen LogP contribution in [0.4, 0.5) is 19.3 Å². The summed E-state index contributed by atoms with van der Waals surface area (Å²) in [4.78, 5) is 47.2. The third-order valence-corrected chi connectivity index (χ3v) is 10.5. The fraction of sp³-hybridized carbons (Fsp3) is 0.317. The lowest BCUT2D eigenvalue weighted by Crippen LogP contribution is -2.55. The Morgan fingerprint density at radius 1 is 0.857 bits per heavy atom. The molecule has 3 aromatic carbocycles. The summed E-state index contributed by atoms with van der Waals surface area (Å²) in [6.45, 7) is 3.55. The summed E-state index contributed by atoms with van der Waals surface area (Å²) in [6, 6.07) is 16.6. The zero-order chi connectivity index (χ0) is 39.6. The molecule has 6 rings (SSSR count). The van der Waals surface area contributed by atoms with Gasteiger partial charge in [0.15, 0.2) is 11.6 Å². The third kappa shape index (κ3) is 10.6. The normalized spacial score (nSPS) is 14.0. The summed E-state index contributed by atoms with van der Waals surface area (Å²) in [5.41, 5.74) is 9.99. The van der Waals surface area contributed by atoms with Crippen LogP contribution in [-0.2, 0) is 35.5 Å². The van der Waals surface area contributed by atoms with Gasteiger partial charge >= 0.3 is 6.03 Å². The molecule has 294 valence electrons. The first-order valence-electron chi connectivity index (χ1n) is 18.5. The van der Waals surface area contributed by atoms with Gasteiger partial charge in [-0.15, -0.1) is 0 Å². The zero-order valence-corrected chi connectivity index (χ0v) is 32.2. The van der Waals surface area contributed by atoms with Crippen molar-refractivity contribution in [2.24, 2.45) is 5.73 Å². The van der Waals surface area contributed by atoms with Crippen molar-refractivity contribution in [1.29, 1.82) is 0 Å². The number of aromatic nitrogens is 2. The number of nitrogens with one attached hydrogen (secondary N) is 4. The van der Waals surface area contributed by atoms with E-state index in [1.807, 2.05) is 24.3 Å². The number of fused-ring (bicyclic) bond motifs is 1. The van der Waals surface area contributed by atoms with Crippen molar-refractivity contribution in [2.75, 3.05) is 31.5 Å². The number of hydrogen-bond acceptors (Lipinski definition) is 6. The van der Waals surface area contributed by atoms with Gasteiger partial charge in [-0.25, -0.2) is 13.6 Å². The maximum atomic E-state index is 14.2. The van der Waals surface area contributed by atoms with E-state index in [1.54, 1.807) is 36.5 Å². The molecule has 4 amide bonds. The van der Waals surface area contributed by atoms with Crippen LogP contribution < -0.4 is 27.0 Å². The van der Waals surface area contributed by atoms with E-state index in [2.05, 4.69) is 41.9 Å². The average Bonchev–Trinajstić information content (AvgIpc) is 3.82. The number of carbonyl (C=O) groups is 3. The smallest absolute Gasteiger partial charge is 0.319 e. The number of urea groups is 1. The summed E-state index contributed by atoms with van der Waals surface area (Å²) >= 11 is 13.1. The average molecular weight is 806 g/mol. The molecule has 1 saturated heterocycles. The van der Waals surface area contributed by atoms with Crippen LogP contribution in [0.1, 0.15) is 41.6 Å². The van der Waals surface area contributed by atoms with Crippen LogP contribution in [0.15, 0.2) is 85.2 Å². The fourth-order valence-corrected chi connectivity index (χ4v) is 7.38. The van der Waals surface area contributed by atoms with Gasteiger partial charge < -0.3 is 31.6 Å². The summed E-state index contributed by atoms with van der Waals surface area (Å²) < 4.78 is 30.1. The lowest BCUT2D eigenvalue weighted by Gasteiger charge is -2.23. The van der Waals surface area contributed by atoms with E-state index in [-0.39, 0.29) is 31.5 Å². The predicted molar refractivity (Wildman–Crippen MR) is 215 cm³/mol. The first-order valence-corrected chi connectivity index (χ1v) is 19.3. The standard InChI is InChI=1S/C41H44Cl2F2N8O3/c42-32-7-5-8-33(43)31(32)25-53-24-27(23-52-18-3-4-19-52)30-11-10-29(22-38(30)53)49-41(56)51-37(21-26-9-12-34(44)35(45)20-26)40(55)50-36(13-15-46)39(54)48-17-14-28-6-1-2-16-47-28/h1-2,5-12,16,20,22,24,36-37H,3-4,13-15,17-19,21,23,25,46H2,(H,48,54)(H,50,55)(H2,49,51,56)/t36-,37-/m0/s1. The Bertz CT molecular complexity index is 2140. The quantitative estimate of drug-likeness (QED) is 0.0805. The fourth-order valence-electron chi connectivity index (χ4n) is 6.87. The first kappa shape index (κ1) is 40.6. The van der Waals surface area contributed by atoms with Crippen LogP contribution in [0.2, 0.25) is 10.0 Å². The van der Waals surface area contributed by atoms with Crippen molar-refractivity contribution >= 4 is 57.6 Å². The van der Waals surface area contributed by atoms with Gasteiger partial charge in [0.2, 0.25) is 11.8 Å². The molecule has 0 bridgehead atoms. The number of amides is 4. The number of carbonyl (C=O) groups excluding carboxylic acids is 3. The van der Waals surface area contributed by atoms with Crippen molar-refractivity contribution < 1.29 is 23.2 Å². The van der Waals surface area contributed by atoms with E-state index in [4.69, 9.17) is 28.9 Å². The molecule has 6 N–H and O–H groups in total. The summed E-state index contributed by atoms with van der Waals surface area (Å²) in [7, 11) is 0. The molecular weight excluding hydrogens is 761 g/mol. The predicted octanol–water partition coefficient (Wildman–Crippen LogP) is 6.19. The second kappa shape index (κ2) is 19.2. The number of nitrogens with zero attached hydrogens (tertiary/aromatic N) is 3. The third-order valence-electron chi connectivity index (χ3n) is 9.75. The lowest BCUT2D eigenvalue weighted by atomic mass is 10.0. The van der Waals surface area contributed by atoms with Crippen molar-refractivity contribution in [3.63, 3.8) is 0 Å². The first-order chi connectivity index (χ1) is 27.1. The van der Waals surface area contributed by atoms with Crippen LogP contribution in [0.25, 0.3) is 10.9 Å². The molecule has 0 spiro atoms. The Morgan fingerprint density at radius 2 is 1.64 bits per heavy atom. The largest absolute Gasteiger partial charge is 0.354 e. The van der Waals surface area contributed by atoms with E-state index in [9.17, 15) is 23.2 Å². The van der Waals surface area contributed by atoms with E-state index in [1.165, 1.54) is 6.07 Å². The molecule has 2 aromatic heterocycles. The van der Waals surface area contributed by atoms with Gasteiger partial charge in [-0.2, -0.15) is 0 Å². The molecule has 5 aromatic rings. The van der Waals surface area contributed by atoms with Gasteiger partial charge in [-0.3, -0.25) is 19.5 Å². The van der Waals surface area contributed by atoms with Crippen LogP contribution in [0.3, 0.4) is 0 Å². The number of hydrogen-bond donors (Lipinski definition) is 5. The molecular formula is C41H44Cl2F2N8O3. The number of likely N-dealkylation sites (tertiary alicyclic amines) is 1. The minimum Gasteiger partial charge on any atom is -0.354 e. The SMILES string of the molecule is NCC[C@H](NC(=O)[C@H](Cc1ccc(F)c(F)c1)NC(=O)Nc1ccc2c(CN3CCCC3)cn(Cc3c(Cl)cccc3Cl)c2c1)C(=O)NCCc1ccccn1. The number of nitrogens with two attached hydrogens (primary N) is 1. The number of halogens is 4. The zero-order valence-electron chi connectivity index (χ0n) is 30.7. The van der Waals surface area contributed by atoms with Crippen molar-refractivity contribution in [2.45, 2.75) is 57.3 Å². The lowest BCUT2D eigenvalue weighted by molar-refractivity contribution is -0.130. The molecule has 0 radical (unpaired) electrons. The maximum absolute atomic E-state index is 14.2. The molecule has 2 atom stereocenters. The van der Waals surface area contributed by atoms with E-state index < -0.39 is 41.6 Å². The van der Waals surface area contributed by atoms with E-state index in [0.717, 1.165) is 72.3 Å².